The second kappa shape index (κ2) is 7.31. The van der Waals surface area contributed by atoms with Crippen LogP contribution in [0, 0.1) is 5.92 Å². The molecule has 0 aromatic carbocycles. The Morgan fingerprint density at radius 1 is 1.43 bits per heavy atom. The zero-order chi connectivity index (χ0) is 17.0. The van der Waals surface area contributed by atoms with Gasteiger partial charge in [-0.2, -0.15) is 0 Å². The third kappa shape index (κ3) is 6.19. The van der Waals surface area contributed by atoms with Crippen molar-refractivity contribution in [3.63, 3.8) is 0 Å². The van der Waals surface area contributed by atoms with Crippen molar-refractivity contribution in [3.05, 3.63) is 21.9 Å². The Morgan fingerprint density at radius 3 is 2.65 bits per heavy atom. The maximum atomic E-state index is 11.9. The van der Waals surface area contributed by atoms with Gasteiger partial charge in [0, 0.05) is 29.4 Å². The molecule has 1 unspecified atom stereocenters. The molecule has 6 nitrogen and oxygen atoms in total. The average Bonchev–Trinajstić information content (AvgIpc) is 3.14. The van der Waals surface area contributed by atoms with Gasteiger partial charge >= 0.3 is 6.09 Å². The smallest absolute Gasteiger partial charge is 0.407 e. The Bertz CT molecular complexity index is 561. The van der Waals surface area contributed by atoms with E-state index >= 15 is 0 Å². The second-order valence-corrected chi connectivity index (χ2v) is 7.88. The molecule has 23 heavy (non-hydrogen) atoms. The van der Waals surface area contributed by atoms with Gasteiger partial charge < -0.3 is 21.1 Å². The van der Waals surface area contributed by atoms with Crippen LogP contribution in [0.4, 0.5) is 4.79 Å². The number of rotatable bonds is 7. The summed E-state index contributed by atoms with van der Waals surface area (Å²) in [6, 6.07) is 1.87. The van der Waals surface area contributed by atoms with Gasteiger partial charge in [-0.05, 0) is 45.6 Å². The predicted molar refractivity (Wildman–Crippen MR) is 90.4 cm³/mol. The normalized spacial score (nSPS) is 16.0. The van der Waals surface area contributed by atoms with E-state index in [4.69, 9.17) is 10.5 Å². The maximum Gasteiger partial charge on any atom is 0.407 e. The highest BCUT2D eigenvalue weighted by Crippen LogP contribution is 2.32. The molecule has 1 aromatic heterocycles. The fraction of sp³-hybridized carbons (Fsp3) is 0.625. The fourth-order valence-corrected chi connectivity index (χ4v) is 3.09. The molecule has 1 saturated carbocycles. The van der Waals surface area contributed by atoms with Crippen LogP contribution >= 0.6 is 11.3 Å². The first kappa shape index (κ1) is 17.7. The minimum atomic E-state index is -0.492. The molecule has 2 amide bonds. The van der Waals surface area contributed by atoms with E-state index in [0.717, 1.165) is 17.7 Å². The number of ether oxygens (including phenoxy) is 1. The molecule has 2 rings (SSSR count). The summed E-state index contributed by atoms with van der Waals surface area (Å²) in [6.45, 7) is 6.88. The molecular weight excluding hydrogens is 314 g/mol. The van der Waals surface area contributed by atoms with Gasteiger partial charge in [-0.1, -0.05) is 0 Å². The van der Waals surface area contributed by atoms with Gasteiger partial charge in [0.05, 0.1) is 5.56 Å². The molecule has 0 bridgehead atoms. The van der Waals surface area contributed by atoms with E-state index < -0.39 is 11.5 Å². The molecule has 1 aromatic rings. The number of amides is 2. The lowest BCUT2D eigenvalue weighted by Crippen LogP contribution is -2.45. The SMILES string of the molecule is CC(C)(C)OC(=O)NC(CNCc1cc(C(N)=O)cs1)C1CC1. The number of alkyl carbamates (subject to hydrolysis) is 1. The molecule has 0 saturated heterocycles. The molecule has 1 heterocycles. The quantitative estimate of drug-likeness (QED) is 0.710. The summed E-state index contributed by atoms with van der Waals surface area (Å²) in [5, 5.41) is 8.04. The minimum absolute atomic E-state index is 0.0698. The van der Waals surface area contributed by atoms with Crippen LogP contribution in [0.1, 0.15) is 48.8 Å². The van der Waals surface area contributed by atoms with Gasteiger partial charge in [0.25, 0.3) is 0 Å². The van der Waals surface area contributed by atoms with Gasteiger partial charge in [-0.15, -0.1) is 11.3 Å². The zero-order valence-corrected chi connectivity index (χ0v) is 14.7. The van der Waals surface area contributed by atoms with E-state index in [1.54, 1.807) is 11.4 Å². The Balaban J connectivity index is 1.78. The van der Waals surface area contributed by atoms with Crippen molar-refractivity contribution in [1.29, 1.82) is 0 Å². The Kier molecular flexibility index (Phi) is 5.64. The summed E-state index contributed by atoms with van der Waals surface area (Å²) >= 11 is 1.50. The molecule has 1 fully saturated rings. The lowest BCUT2D eigenvalue weighted by Gasteiger charge is -2.23. The van der Waals surface area contributed by atoms with Crippen LogP contribution in [0.15, 0.2) is 11.4 Å². The second-order valence-electron chi connectivity index (χ2n) is 6.89. The number of nitrogens with one attached hydrogen (secondary N) is 2. The van der Waals surface area contributed by atoms with Crippen LogP contribution in [0.5, 0.6) is 0 Å². The van der Waals surface area contributed by atoms with Crippen molar-refractivity contribution >= 4 is 23.3 Å². The van der Waals surface area contributed by atoms with Crippen molar-refractivity contribution in [3.8, 4) is 0 Å². The van der Waals surface area contributed by atoms with Crippen molar-refractivity contribution in [2.45, 2.75) is 51.8 Å². The Morgan fingerprint density at radius 2 is 2.13 bits per heavy atom. The molecule has 0 spiro atoms. The zero-order valence-electron chi connectivity index (χ0n) is 13.8. The summed E-state index contributed by atoms with van der Waals surface area (Å²) in [4.78, 5) is 24.0. The highest BCUT2D eigenvalue weighted by molar-refractivity contribution is 7.10. The number of hydrogen-bond donors (Lipinski definition) is 3. The average molecular weight is 339 g/mol. The summed E-state index contributed by atoms with van der Waals surface area (Å²) in [5.74, 6) is 0.106. The summed E-state index contributed by atoms with van der Waals surface area (Å²) in [5.41, 5.74) is 5.29. The Hall–Kier alpha value is -1.60. The standard InChI is InChI=1S/C16H25N3O3S/c1-16(2,3)22-15(21)19-13(10-4-5-10)8-18-7-12-6-11(9-23-12)14(17)20/h6,9-10,13,18H,4-5,7-8H2,1-3H3,(H2,17,20)(H,19,21). The number of primary amides is 1. The van der Waals surface area contributed by atoms with Crippen LogP contribution in [-0.4, -0.2) is 30.2 Å². The van der Waals surface area contributed by atoms with E-state index in [-0.39, 0.29) is 12.1 Å². The maximum absolute atomic E-state index is 11.9. The van der Waals surface area contributed by atoms with Crippen LogP contribution in [-0.2, 0) is 11.3 Å². The first-order valence-corrected chi connectivity index (χ1v) is 8.70. The fourth-order valence-electron chi connectivity index (χ4n) is 2.25. The first-order chi connectivity index (χ1) is 10.7. The van der Waals surface area contributed by atoms with Gasteiger partial charge in [0.15, 0.2) is 0 Å². The summed E-state index contributed by atoms with van der Waals surface area (Å²) in [6.07, 6.45) is 1.89. The number of carbonyl (C=O) groups excluding carboxylic acids is 2. The minimum Gasteiger partial charge on any atom is -0.444 e. The summed E-state index contributed by atoms with van der Waals surface area (Å²) < 4.78 is 5.31. The molecule has 1 aliphatic rings. The van der Waals surface area contributed by atoms with Crippen molar-refractivity contribution in [2.24, 2.45) is 11.7 Å². The van der Waals surface area contributed by atoms with Crippen LogP contribution in [0.25, 0.3) is 0 Å². The molecule has 1 aliphatic carbocycles. The van der Waals surface area contributed by atoms with Crippen molar-refractivity contribution in [2.75, 3.05) is 6.54 Å². The van der Waals surface area contributed by atoms with Crippen LogP contribution in [0.3, 0.4) is 0 Å². The van der Waals surface area contributed by atoms with Gasteiger partial charge in [-0.25, -0.2) is 4.79 Å². The van der Waals surface area contributed by atoms with Crippen LogP contribution in [0.2, 0.25) is 0 Å². The largest absolute Gasteiger partial charge is 0.444 e. The van der Waals surface area contributed by atoms with Gasteiger partial charge in [0.2, 0.25) is 5.91 Å². The number of nitrogens with two attached hydrogens (primary N) is 1. The third-order valence-corrected chi connectivity index (χ3v) is 4.43. The highest BCUT2D eigenvalue weighted by atomic mass is 32.1. The van der Waals surface area contributed by atoms with E-state index in [1.165, 1.54) is 11.3 Å². The monoisotopic (exact) mass is 339 g/mol. The van der Waals surface area contributed by atoms with Crippen molar-refractivity contribution < 1.29 is 14.3 Å². The van der Waals surface area contributed by atoms with E-state index in [1.807, 2.05) is 20.8 Å². The molecular formula is C16H25N3O3S. The number of carbonyl (C=O) groups is 2. The lowest BCUT2D eigenvalue weighted by atomic mass is 10.2. The van der Waals surface area contributed by atoms with E-state index in [0.29, 0.717) is 24.6 Å². The van der Waals surface area contributed by atoms with E-state index in [2.05, 4.69) is 10.6 Å². The van der Waals surface area contributed by atoms with Crippen LogP contribution < -0.4 is 16.4 Å². The lowest BCUT2D eigenvalue weighted by molar-refractivity contribution is 0.0497. The topological polar surface area (TPSA) is 93.4 Å². The van der Waals surface area contributed by atoms with Crippen molar-refractivity contribution in [1.82, 2.24) is 10.6 Å². The molecule has 128 valence electrons. The molecule has 0 aliphatic heterocycles. The molecule has 0 radical (unpaired) electrons. The molecule has 4 N–H and O–H groups in total. The first-order valence-electron chi connectivity index (χ1n) is 7.82. The van der Waals surface area contributed by atoms with Gasteiger partial charge in [0.1, 0.15) is 5.60 Å². The number of thiophene rings is 1. The third-order valence-electron chi connectivity index (χ3n) is 3.49. The van der Waals surface area contributed by atoms with E-state index in [9.17, 15) is 9.59 Å². The molecule has 1 atom stereocenters. The Labute approximate surface area is 140 Å². The summed E-state index contributed by atoms with van der Waals surface area (Å²) in [7, 11) is 0. The predicted octanol–water partition coefficient (Wildman–Crippen LogP) is 2.24. The number of hydrogen-bond acceptors (Lipinski definition) is 5. The van der Waals surface area contributed by atoms with Gasteiger partial charge in [-0.3, -0.25) is 4.79 Å². The highest BCUT2D eigenvalue weighted by Gasteiger charge is 2.33. The molecule has 7 heteroatoms.